The van der Waals surface area contributed by atoms with Gasteiger partial charge >= 0.3 is 5.97 Å². The minimum Gasteiger partial charge on any atom is -0.492 e. The summed E-state index contributed by atoms with van der Waals surface area (Å²) in [6, 6.07) is 14.9. The van der Waals surface area contributed by atoms with Crippen molar-refractivity contribution in [2.45, 2.75) is 32.1 Å². The van der Waals surface area contributed by atoms with Gasteiger partial charge in [0, 0.05) is 41.2 Å². The highest BCUT2D eigenvalue weighted by molar-refractivity contribution is 6.17. The van der Waals surface area contributed by atoms with Crippen LogP contribution in [-0.2, 0) is 10.2 Å². The Hall–Kier alpha value is -3.58. The molecule has 0 atom stereocenters. The molecule has 5 rings (SSSR count). The Morgan fingerprint density at radius 2 is 1.86 bits per heavy atom. The number of hydrogen-bond donors (Lipinski definition) is 2. The van der Waals surface area contributed by atoms with Crippen molar-refractivity contribution in [3.05, 3.63) is 71.6 Å². The number of nitrogens with zero attached hydrogens (tertiary/aromatic N) is 2. The Kier molecular flexibility index (Phi) is 6.11. The summed E-state index contributed by atoms with van der Waals surface area (Å²) < 4.78 is 5.93. The fraction of sp³-hybridized carbons (Fsp3) is 0.357. The highest BCUT2D eigenvalue weighted by Crippen LogP contribution is 2.40. The lowest BCUT2D eigenvalue weighted by molar-refractivity contribution is -0.130. The molecule has 7 heteroatoms. The van der Waals surface area contributed by atoms with E-state index in [-0.39, 0.29) is 11.5 Å². The molecule has 1 aromatic heterocycles. The van der Waals surface area contributed by atoms with Crippen molar-refractivity contribution >= 4 is 28.4 Å². The molecule has 1 saturated heterocycles. The molecule has 35 heavy (non-hydrogen) atoms. The maximum absolute atomic E-state index is 13.6. The standard InChI is InChI=1S/C28H31N3O4/c1-28(2)18-31(17-22(27(33)34)25-24(28)21-10-3-4-11-23(21)29-25)26(32)19-8-7-9-20(16-19)35-15-14-30-12-5-6-13-30/h3-4,7-11,16-17,29H,5-6,12-15,18H2,1-2H3,(H,33,34). The molecule has 2 aliphatic heterocycles. The minimum absolute atomic E-state index is 0.0770. The Balaban J connectivity index is 1.43. The number of amides is 1. The number of aliphatic carboxylic acids is 1. The van der Waals surface area contributed by atoms with Gasteiger partial charge in [0.2, 0.25) is 0 Å². The lowest BCUT2D eigenvalue weighted by Gasteiger charge is -2.29. The molecule has 3 heterocycles. The summed E-state index contributed by atoms with van der Waals surface area (Å²) in [6.07, 6.45) is 3.94. The fourth-order valence-corrected chi connectivity index (χ4v) is 5.29. The van der Waals surface area contributed by atoms with Crippen molar-refractivity contribution in [2.24, 2.45) is 0 Å². The highest BCUT2D eigenvalue weighted by Gasteiger charge is 2.37. The zero-order valence-electron chi connectivity index (χ0n) is 20.2. The van der Waals surface area contributed by atoms with Gasteiger partial charge in [0.05, 0.1) is 11.3 Å². The summed E-state index contributed by atoms with van der Waals surface area (Å²) in [4.78, 5) is 33.1. The van der Waals surface area contributed by atoms with Gasteiger partial charge in [-0.05, 0) is 55.8 Å². The number of fused-ring (bicyclic) bond motifs is 3. The van der Waals surface area contributed by atoms with Gasteiger partial charge in [0.15, 0.2) is 0 Å². The Labute approximate surface area is 205 Å². The Morgan fingerprint density at radius 3 is 2.63 bits per heavy atom. The van der Waals surface area contributed by atoms with Crippen LogP contribution in [0.4, 0.5) is 0 Å². The molecule has 0 bridgehead atoms. The number of benzene rings is 2. The number of ether oxygens (including phenoxy) is 1. The third-order valence-corrected chi connectivity index (χ3v) is 6.95. The number of nitrogens with one attached hydrogen (secondary N) is 1. The van der Waals surface area contributed by atoms with Crippen LogP contribution in [0.2, 0.25) is 0 Å². The van der Waals surface area contributed by atoms with Crippen LogP contribution in [-0.4, -0.2) is 64.6 Å². The molecule has 0 aliphatic carbocycles. The number of aromatic nitrogens is 1. The molecule has 182 valence electrons. The van der Waals surface area contributed by atoms with Gasteiger partial charge in [-0.2, -0.15) is 0 Å². The van der Waals surface area contributed by atoms with Gasteiger partial charge in [0.1, 0.15) is 12.4 Å². The van der Waals surface area contributed by atoms with Crippen molar-refractivity contribution in [3.8, 4) is 5.75 Å². The highest BCUT2D eigenvalue weighted by atomic mass is 16.5. The first-order chi connectivity index (χ1) is 16.8. The second-order valence-corrected chi connectivity index (χ2v) is 10.0. The third kappa shape index (κ3) is 4.56. The average Bonchev–Trinajstić information content (AvgIpc) is 3.47. The maximum Gasteiger partial charge on any atom is 0.339 e. The zero-order valence-corrected chi connectivity index (χ0v) is 20.2. The predicted molar refractivity (Wildman–Crippen MR) is 136 cm³/mol. The largest absolute Gasteiger partial charge is 0.492 e. The average molecular weight is 474 g/mol. The first-order valence-electron chi connectivity index (χ1n) is 12.2. The molecule has 0 radical (unpaired) electrons. The molecule has 7 nitrogen and oxygen atoms in total. The van der Waals surface area contributed by atoms with E-state index in [0.717, 1.165) is 36.1 Å². The van der Waals surface area contributed by atoms with Gasteiger partial charge < -0.3 is 19.7 Å². The summed E-state index contributed by atoms with van der Waals surface area (Å²) in [7, 11) is 0. The van der Waals surface area contributed by atoms with E-state index in [1.54, 1.807) is 18.2 Å². The number of rotatable bonds is 6. The number of hydrogen-bond acceptors (Lipinski definition) is 4. The van der Waals surface area contributed by atoms with E-state index >= 15 is 0 Å². The molecule has 0 unspecified atom stereocenters. The van der Waals surface area contributed by atoms with Crippen LogP contribution in [0.3, 0.4) is 0 Å². The van der Waals surface area contributed by atoms with Gasteiger partial charge in [-0.3, -0.25) is 9.69 Å². The van der Waals surface area contributed by atoms with E-state index < -0.39 is 11.4 Å². The van der Waals surface area contributed by atoms with Gasteiger partial charge in [-0.25, -0.2) is 4.79 Å². The van der Waals surface area contributed by atoms with Gasteiger partial charge in [-0.15, -0.1) is 0 Å². The first-order valence-corrected chi connectivity index (χ1v) is 12.2. The van der Waals surface area contributed by atoms with Gasteiger partial charge in [0.25, 0.3) is 5.91 Å². The lowest BCUT2D eigenvalue weighted by atomic mass is 9.81. The molecule has 2 aliphatic rings. The number of aromatic amines is 1. The topological polar surface area (TPSA) is 85.9 Å². The fourth-order valence-electron chi connectivity index (χ4n) is 5.29. The zero-order chi connectivity index (χ0) is 24.6. The summed E-state index contributed by atoms with van der Waals surface area (Å²) in [5, 5.41) is 11.0. The van der Waals surface area contributed by atoms with E-state index in [9.17, 15) is 14.7 Å². The van der Waals surface area contributed by atoms with E-state index in [4.69, 9.17) is 4.74 Å². The van der Waals surface area contributed by atoms with Crippen LogP contribution in [0.1, 0.15) is 48.3 Å². The lowest BCUT2D eigenvalue weighted by Crippen LogP contribution is -2.37. The van der Waals surface area contributed by atoms with Crippen LogP contribution in [0, 0.1) is 0 Å². The molecule has 1 amide bonds. The monoisotopic (exact) mass is 473 g/mol. The third-order valence-electron chi connectivity index (χ3n) is 6.95. The molecule has 1 fully saturated rings. The predicted octanol–water partition coefficient (Wildman–Crippen LogP) is 4.50. The van der Waals surface area contributed by atoms with Crippen molar-refractivity contribution in [1.29, 1.82) is 0 Å². The smallest absolute Gasteiger partial charge is 0.339 e. The van der Waals surface area contributed by atoms with E-state index in [1.165, 1.54) is 23.9 Å². The molecule has 3 aromatic rings. The number of carbonyl (C=O) groups is 2. The van der Waals surface area contributed by atoms with Gasteiger partial charge in [-0.1, -0.05) is 38.1 Å². The van der Waals surface area contributed by atoms with E-state index in [1.807, 2.05) is 44.2 Å². The summed E-state index contributed by atoms with van der Waals surface area (Å²) in [5.41, 5.74) is 2.41. The van der Waals surface area contributed by atoms with Crippen molar-refractivity contribution in [1.82, 2.24) is 14.8 Å². The van der Waals surface area contributed by atoms with Crippen molar-refractivity contribution in [3.63, 3.8) is 0 Å². The van der Waals surface area contributed by atoms with Crippen LogP contribution < -0.4 is 4.74 Å². The minimum atomic E-state index is -1.08. The van der Waals surface area contributed by atoms with Crippen molar-refractivity contribution in [2.75, 3.05) is 32.8 Å². The number of para-hydroxylation sites is 1. The van der Waals surface area contributed by atoms with Crippen LogP contribution in [0.25, 0.3) is 16.5 Å². The molecule has 0 saturated carbocycles. The second-order valence-electron chi connectivity index (χ2n) is 10.0. The molecular weight excluding hydrogens is 442 g/mol. The number of carbonyl (C=O) groups excluding carboxylic acids is 1. The Morgan fingerprint density at radius 1 is 1.09 bits per heavy atom. The van der Waals surface area contributed by atoms with Crippen LogP contribution in [0.5, 0.6) is 5.75 Å². The normalized spacial score (nSPS) is 17.7. The van der Waals surface area contributed by atoms with Crippen LogP contribution >= 0.6 is 0 Å². The SMILES string of the molecule is CC1(C)CN(C(=O)c2cccc(OCCN3CCCC3)c2)C=C(C(=O)O)c2[nH]c3ccccc3c21. The summed E-state index contributed by atoms with van der Waals surface area (Å²) in [6.45, 7) is 8.10. The molecule has 2 N–H and O–H groups in total. The number of H-pyrrole nitrogens is 1. The number of likely N-dealkylation sites (tertiary alicyclic amines) is 1. The number of carboxylic acids is 1. The van der Waals surface area contributed by atoms with Crippen molar-refractivity contribution < 1.29 is 19.4 Å². The Bertz CT molecular complexity index is 1300. The first kappa shape index (κ1) is 23.2. The maximum atomic E-state index is 13.6. The summed E-state index contributed by atoms with van der Waals surface area (Å²) >= 11 is 0. The van der Waals surface area contributed by atoms with E-state index in [0.29, 0.717) is 30.2 Å². The molecule has 2 aromatic carbocycles. The molecular formula is C28H31N3O4. The second kappa shape index (κ2) is 9.23. The quantitative estimate of drug-likeness (QED) is 0.551. The molecule has 0 spiro atoms. The number of carboxylic acid groups (broad SMARTS) is 1. The van der Waals surface area contributed by atoms with E-state index in [2.05, 4.69) is 9.88 Å². The van der Waals surface area contributed by atoms with Crippen LogP contribution in [0.15, 0.2) is 54.7 Å². The summed E-state index contributed by atoms with van der Waals surface area (Å²) in [5.74, 6) is -0.689.